The molecule has 0 aliphatic carbocycles. The smallest absolute Gasteiger partial charge is 0.335 e. The first-order valence-corrected chi connectivity index (χ1v) is 6.13. The predicted octanol–water partition coefficient (Wildman–Crippen LogP) is 2.16. The zero-order chi connectivity index (χ0) is 14.2. The summed E-state index contributed by atoms with van der Waals surface area (Å²) < 4.78 is 5.45. The molecule has 0 bridgehead atoms. The van der Waals surface area contributed by atoms with Crippen molar-refractivity contribution in [1.29, 1.82) is 0 Å². The molecule has 19 heavy (non-hydrogen) atoms. The third-order valence-electron chi connectivity index (χ3n) is 2.96. The Bertz CT molecular complexity index is 531. The Labute approximate surface area is 111 Å². The van der Waals surface area contributed by atoms with Crippen LogP contribution in [0.1, 0.15) is 31.1 Å². The van der Waals surface area contributed by atoms with Crippen LogP contribution in [0.15, 0.2) is 18.2 Å². The summed E-state index contributed by atoms with van der Waals surface area (Å²) in [7, 11) is 0. The van der Waals surface area contributed by atoms with Crippen LogP contribution in [-0.4, -0.2) is 30.1 Å². The van der Waals surface area contributed by atoms with Crippen LogP contribution in [0.2, 0.25) is 0 Å². The van der Waals surface area contributed by atoms with E-state index in [9.17, 15) is 9.59 Å². The molecule has 5 heteroatoms. The van der Waals surface area contributed by atoms with E-state index in [4.69, 9.17) is 9.84 Å². The van der Waals surface area contributed by atoms with E-state index in [-0.39, 0.29) is 11.5 Å². The van der Waals surface area contributed by atoms with E-state index in [0.717, 1.165) is 0 Å². The fraction of sp³-hybridized carbons (Fsp3) is 0.429. The zero-order valence-electron chi connectivity index (χ0n) is 11.3. The fourth-order valence-corrected chi connectivity index (χ4v) is 1.97. The SMILES string of the molecule is CC(C)(C)C(=O)N1CCOc2cc(C(=O)O)ccc21. The molecule has 1 amide bonds. The van der Waals surface area contributed by atoms with Crippen molar-refractivity contribution in [2.45, 2.75) is 20.8 Å². The van der Waals surface area contributed by atoms with Gasteiger partial charge in [-0.1, -0.05) is 20.8 Å². The minimum atomic E-state index is -1.01. The molecular formula is C14H17NO4. The Kier molecular flexibility index (Phi) is 3.22. The highest BCUT2D eigenvalue weighted by atomic mass is 16.5. The van der Waals surface area contributed by atoms with Gasteiger partial charge in [0.1, 0.15) is 12.4 Å². The first-order chi connectivity index (χ1) is 8.80. The maximum atomic E-state index is 12.4. The molecule has 1 heterocycles. The molecule has 0 aromatic heterocycles. The average Bonchev–Trinajstić information content (AvgIpc) is 2.35. The van der Waals surface area contributed by atoms with Crippen LogP contribution in [0.3, 0.4) is 0 Å². The molecule has 5 nitrogen and oxygen atoms in total. The van der Waals surface area contributed by atoms with Crippen molar-refractivity contribution in [1.82, 2.24) is 0 Å². The molecule has 1 aliphatic rings. The number of anilines is 1. The van der Waals surface area contributed by atoms with Gasteiger partial charge in [0.15, 0.2) is 0 Å². The van der Waals surface area contributed by atoms with Gasteiger partial charge in [0.2, 0.25) is 5.91 Å². The minimum absolute atomic E-state index is 0.000116. The monoisotopic (exact) mass is 263 g/mol. The van der Waals surface area contributed by atoms with Crippen LogP contribution < -0.4 is 9.64 Å². The molecule has 0 fully saturated rings. The van der Waals surface area contributed by atoms with Crippen LogP contribution >= 0.6 is 0 Å². The second kappa shape index (κ2) is 4.57. The number of carboxylic acids is 1. The van der Waals surface area contributed by atoms with E-state index in [1.165, 1.54) is 12.1 Å². The van der Waals surface area contributed by atoms with Gasteiger partial charge in [-0.3, -0.25) is 4.79 Å². The van der Waals surface area contributed by atoms with Crippen LogP contribution in [0.4, 0.5) is 5.69 Å². The van der Waals surface area contributed by atoms with E-state index in [1.54, 1.807) is 11.0 Å². The number of carbonyl (C=O) groups is 2. The summed E-state index contributed by atoms with van der Waals surface area (Å²) in [6.45, 7) is 6.43. The quantitative estimate of drug-likeness (QED) is 0.843. The first kappa shape index (κ1) is 13.4. The van der Waals surface area contributed by atoms with Crippen LogP contribution in [-0.2, 0) is 4.79 Å². The van der Waals surface area contributed by atoms with Crippen molar-refractivity contribution < 1.29 is 19.4 Å². The first-order valence-electron chi connectivity index (χ1n) is 6.13. The summed E-state index contributed by atoms with van der Waals surface area (Å²) >= 11 is 0. The van der Waals surface area contributed by atoms with Crippen molar-refractivity contribution >= 4 is 17.6 Å². The van der Waals surface area contributed by atoms with Crippen LogP contribution in [0, 0.1) is 5.41 Å². The van der Waals surface area contributed by atoms with Gasteiger partial charge in [-0.05, 0) is 18.2 Å². The lowest BCUT2D eigenvalue weighted by Gasteiger charge is -2.34. The summed E-state index contributed by atoms with van der Waals surface area (Å²) in [5, 5.41) is 8.95. The molecule has 0 saturated carbocycles. The van der Waals surface area contributed by atoms with Crippen molar-refractivity contribution in [3.8, 4) is 5.75 Å². The number of amides is 1. The molecule has 1 aliphatic heterocycles. The van der Waals surface area contributed by atoms with Crippen molar-refractivity contribution in [2.75, 3.05) is 18.1 Å². The van der Waals surface area contributed by atoms with E-state index < -0.39 is 11.4 Å². The molecule has 1 N–H and O–H groups in total. The number of aromatic carboxylic acids is 1. The van der Waals surface area contributed by atoms with Crippen molar-refractivity contribution in [3.63, 3.8) is 0 Å². The fourth-order valence-electron chi connectivity index (χ4n) is 1.97. The maximum Gasteiger partial charge on any atom is 0.335 e. The molecule has 0 unspecified atom stereocenters. The van der Waals surface area contributed by atoms with Gasteiger partial charge < -0.3 is 14.7 Å². The molecule has 2 rings (SSSR count). The molecule has 1 aromatic rings. The minimum Gasteiger partial charge on any atom is -0.490 e. The Morgan fingerprint density at radius 2 is 2.00 bits per heavy atom. The Hall–Kier alpha value is -2.04. The lowest BCUT2D eigenvalue weighted by molar-refractivity contribution is -0.126. The van der Waals surface area contributed by atoms with Crippen LogP contribution in [0.25, 0.3) is 0 Å². The Morgan fingerprint density at radius 1 is 1.32 bits per heavy atom. The summed E-state index contributed by atoms with van der Waals surface area (Å²) in [4.78, 5) is 24.9. The highest BCUT2D eigenvalue weighted by molar-refractivity contribution is 5.99. The van der Waals surface area contributed by atoms with Crippen molar-refractivity contribution in [3.05, 3.63) is 23.8 Å². The number of nitrogens with zero attached hydrogens (tertiary/aromatic N) is 1. The van der Waals surface area contributed by atoms with Gasteiger partial charge in [0.05, 0.1) is 17.8 Å². The number of rotatable bonds is 1. The van der Waals surface area contributed by atoms with Gasteiger partial charge >= 0.3 is 5.97 Å². The summed E-state index contributed by atoms with van der Waals surface area (Å²) in [6, 6.07) is 4.57. The van der Waals surface area contributed by atoms with Gasteiger partial charge in [-0.25, -0.2) is 4.79 Å². The number of carboxylic acid groups (broad SMARTS) is 1. The van der Waals surface area contributed by atoms with E-state index >= 15 is 0 Å². The van der Waals surface area contributed by atoms with E-state index in [2.05, 4.69) is 0 Å². The number of fused-ring (bicyclic) bond motifs is 1. The third-order valence-corrected chi connectivity index (χ3v) is 2.96. The Morgan fingerprint density at radius 3 is 2.58 bits per heavy atom. The Balaban J connectivity index is 2.40. The number of benzene rings is 1. The highest BCUT2D eigenvalue weighted by Crippen LogP contribution is 2.35. The standard InChI is InChI=1S/C14H17NO4/c1-14(2,3)13(18)15-6-7-19-11-8-9(12(16)17)4-5-10(11)15/h4-5,8H,6-7H2,1-3H3,(H,16,17). The topological polar surface area (TPSA) is 66.8 Å². The van der Waals surface area contributed by atoms with Crippen LogP contribution in [0.5, 0.6) is 5.75 Å². The van der Waals surface area contributed by atoms with Gasteiger partial charge in [0.25, 0.3) is 0 Å². The lowest BCUT2D eigenvalue weighted by Crippen LogP contribution is -2.44. The largest absolute Gasteiger partial charge is 0.490 e. The summed E-state index contributed by atoms with van der Waals surface area (Å²) in [5.41, 5.74) is 0.306. The second-order valence-corrected chi connectivity index (χ2v) is 5.54. The molecule has 0 atom stereocenters. The molecule has 0 spiro atoms. The number of hydrogen-bond donors (Lipinski definition) is 1. The van der Waals surface area contributed by atoms with Gasteiger partial charge in [-0.15, -0.1) is 0 Å². The third kappa shape index (κ3) is 2.54. The molecular weight excluding hydrogens is 246 g/mol. The molecule has 0 radical (unpaired) electrons. The normalized spacial score (nSPS) is 14.6. The van der Waals surface area contributed by atoms with E-state index in [0.29, 0.717) is 24.6 Å². The number of carbonyl (C=O) groups excluding carboxylic acids is 1. The summed E-state index contributed by atoms with van der Waals surface area (Å²) in [6.07, 6.45) is 0. The lowest BCUT2D eigenvalue weighted by atomic mass is 9.94. The molecule has 102 valence electrons. The number of ether oxygens (including phenoxy) is 1. The molecule has 0 saturated heterocycles. The predicted molar refractivity (Wildman–Crippen MR) is 70.7 cm³/mol. The summed E-state index contributed by atoms with van der Waals surface area (Å²) in [5.74, 6) is -0.561. The van der Waals surface area contributed by atoms with E-state index in [1.807, 2.05) is 20.8 Å². The zero-order valence-corrected chi connectivity index (χ0v) is 11.3. The van der Waals surface area contributed by atoms with Gasteiger partial charge in [0, 0.05) is 5.41 Å². The highest BCUT2D eigenvalue weighted by Gasteiger charge is 2.32. The second-order valence-electron chi connectivity index (χ2n) is 5.54. The van der Waals surface area contributed by atoms with Crippen molar-refractivity contribution in [2.24, 2.45) is 5.41 Å². The average molecular weight is 263 g/mol. The number of hydrogen-bond acceptors (Lipinski definition) is 3. The van der Waals surface area contributed by atoms with Gasteiger partial charge in [-0.2, -0.15) is 0 Å². The molecule has 1 aromatic carbocycles. The maximum absolute atomic E-state index is 12.4.